The van der Waals surface area contributed by atoms with E-state index in [2.05, 4.69) is 25.6 Å². The number of rotatable bonds is 10. The maximum Gasteiger partial charge on any atom is 0.417 e. The normalized spacial score (nSPS) is 24.5. The summed E-state index contributed by atoms with van der Waals surface area (Å²) in [5, 5.41) is 5.98. The number of halogens is 5. The number of nitrogens with two attached hydrogens (primary N) is 1. The molecule has 0 saturated carbocycles. The number of carbonyl (C=O) groups excluding carboxylic acids is 1. The van der Waals surface area contributed by atoms with Gasteiger partial charge in [-0.25, -0.2) is 13.8 Å². The molecule has 0 aromatic heterocycles. The lowest BCUT2D eigenvalue weighted by Gasteiger charge is -2.44. The summed E-state index contributed by atoms with van der Waals surface area (Å²) < 4.78 is 69.2. The van der Waals surface area contributed by atoms with Crippen LogP contribution in [0.25, 0.3) is 0 Å². The van der Waals surface area contributed by atoms with Crippen molar-refractivity contribution in [1.29, 1.82) is 0 Å². The minimum absolute atomic E-state index is 0.0323. The van der Waals surface area contributed by atoms with E-state index in [0.29, 0.717) is 12.0 Å². The highest BCUT2D eigenvalue weighted by atomic mass is 19.4. The Labute approximate surface area is 238 Å². The first-order chi connectivity index (χ1) is 19.1. The van der Waals surface area contributed by atoms with Gasteiger partial charge in [0.25, 0.3) is 11.8 Å². The van der Waals surface area contributed by atoms with Gasteiger partial charge in [0.15, 0.2) is 0 Å². The minimum Gasteiger partial charge on any atom is -0.394 e. The van der Waals surface area contributed by atoms with E-state index in [0.717, 1.165) is 17.2 Å². The molecule has 41 heavy (non-hydrogen) atoms. The van der Waals surface area contributed by atoms with E-state index in [1.165, 1.54) is 19.4 Å². The number of alkyl halides is 5. The third-order valence-electron chi connectivity index (χ3n) is 6.74. The molecule has 0 aromatic rings. The fourth-order valence-corrected chi connectivity index (χ4v) is 4.33. The Balaban J connectivity index is 2.45. The molecule has 1 saturated heterocycles. The molecule has 1 fully saturated rings. The van der Waals surface area contributed by atoms with E-state index < -0.39 is 54.7 Å². The molecule has 4 N–H and O–H groups in total. The van der Waals surface area contributed by atoms with Crippen molar-refractivity contribution < 1.29 is 26.7 Å². The Morgan fingerprint density at radius 1 is 1.32 bits per heavy atom. The maximum atomic E-state index is 14.8. The molecular weight excluding hydrogens is 545 g/mol. The number of aliphatic imine (C=N–C) groups is 3. The first-order valence-electron chi connectivity index (χ1n) is 13.5. The molecule has 2 aliphatic heterocycles. The third-order valence-corrected chi connectivity index (χ3v) is 6.74. The first kappa shape index (κ1) is 33.7. The molecule has 13 heteroatoms. The van der Waals surface area contributed by atoms with Crippen LogP contribution < -0.4 is 16.4 Å². The van der Waals surface area contributed by atoms with Crippen molar-refractivity contribution in [2.75, 3.05) is 13.1 Å². The van der Waals surface area contributed by atoms with Crippen LogP contribution in [0.3, 0.4) is 0 Å². The molecule has 0 bridgehead atoms. The van der Waals surface area contributed by atoms with Gasteiger partial charge < -0.3 is 21.3 Å². The quantitative estimate of drug-likeness (QED) is 0.193. The van der Waals surface area contributed by atoms with Crippen molar-refractivity contribution in [3.63, 3.8) is 0 Å². The Kier molecular flexibility index (Phi) is 11.8. The number of nitrogens with one attached hydrogen (secondary N) is 2. The van der Waals surface area contributed by atoms with Gasteiger partial charge >= 0.3 is 6.18 Å². The molecule has 2 rings (SSSR count). The summed E-state index contributed by atoms with van der Waals surface area (Å²) in [6.45, 7) is 9.14. The molecule has 3 unspecified atom stereocenters. The van der Waals surface area contributed by atoms with Gasteiger partial charge in [0, 0.05) is 43.2 Å². The number of hydrogen-bond acceptors (Lipinski definition) is 7. The second kappa shape index (κ2) is 14.4. The van der Waals surface area contributed by atoms with Crippen LogP contribution in [-0.4, -0.2) is 72.9 Å². The monoisotopic (exact) mass is 585 g/mol. The van der Waals surface area contributed by atoms with Crippen LogP contribution in [0.5, 0.6) is 0 Å². The Morgan fingerprint density at radius 3 is 2.54 bits per heavy atom. The number of hydrogen-bond donors (Lipinski definition) is 3. The number of amides is 1. The zero-order valence-electron chi connectivity index (χ0n) is 24.3. The van der Waals surface area contributed by atoms with Crippen molar-refractivity contribution in [3.05, 3.63) is 46.6 Å². The van der Waals surface area contributed by atoms with Crippen molar-refractivity contribution in [3.8, 4) is 0 Å². The number of carbonyl (C=O) groups is 1. The van der Waals surface area contributed by atoms with Gasteiger partial charge in [-0.2, -0.15) is 13.2 Å². The van der Waals surface area contributed by atoms with E-state index in [1.807, 2.05) is 20.8 Å². The molecule has 3 atom stereocenters. The average molecular weight is 586 g/mol. The zero-order valence-corrected chi connectivity index (χ0v) is 24.3. The molecule has 2 aliphatic rings. The minimum atomic E-state index is -4.58. The standard InChI is InChI=1S/C28H40F5N7O/c1-7-18(5)24(38-13-20(8-2)28(31,32)33)39-15-22-19(6)12-27(29,30)16-40(22)26(41)23(34)21(14-37-17(3)4)25-35-10-9-11-36-25/h8-11,13-14,17,19,22,25,35,39H,7,12,15-16,34H2,1-6H3/b20-8+,23-21?,24-18+,37-14?,38-13-. The van der Waals surface area contributed by atoms with E-state index in [-0.39, 0.29) is 29.7 Å². The van der Waals surface area contributed by atoms with E-state index in [1.54, 1.807) is 26.1 Å². The fraction of sp³-hybridized carbons (Fsp3) is 0.571. The number of allylic oxidation sites excluding steroid dienone is 4. The lowest BCUT2D eigenvalue weighted by Crippen LogP contribution is -2.59. The largest absolute Gasteiger partial charge is 0.417 e. The highest BCUT2D eigenvalue weighted by Crippen LogP contribution is 2.35. The molecule has 8 nitrogen and oxygen atoms in total. The molecule has 0 spiro atoms. The Hall–Kier alpha value is -3.51. The summed E-state index contributed by atoms with van der Waals surface area (Å²) in [6.07, 6.45) is 2.53. The smallest absolute Gasteiger partial charge is 0.394 e. The van der Waals surface area contributed by atoms with Crippen LogP contribution in [0, 0.1) is 5.92 Å². The molecule has 0 radical (unpaired) electrons. The highest BCUT2D eigenvalue weighted by molar-refractivity contribution is 6.00. The molecular formula is C28H40F5N7O. The van der Waals surface area contributed by atoms with Crippen LogP contribution in [-0.2, 0) is 4.79 Å². The Bertz CT molecular complexity index is 1150. The SMILES string of the molecule is C\C=C(/C=N\C(NCC1C(C)CC(F)(F)CN1C(=O)C(N)=C(C=NC(C)C)C1N=CC=CN1)=C(\C)CC)C(F)(F)F. The molecule has 2 heterocycles. The van der Waals surface area contributed by atoms with E-state index >= 15 is 0 Å². The van der Waals surface area contributed by atoms with Crippen molar-refractivity contribution in [1.82, 2.24) is 15.5 Å². The van der Waals surface area contributed by atoms with Gasteiger partial charge in [0.05, 0.1) is 18.2 Å². The van der Waals surface area contributed by atoms with Crippen LogP contribution in [0.2, 0.25) is 0 Å². The number of nitrogens with zero attached hydrogens (tertiary/aromatic N) is 4. The predicted molar refractivity (Wildman–Crippen MR) is 153 cm³/mol. The van der Waals surface area contributed by atoms with E-state index in [9.17, 15) is 26.7 Å². The van der Waals surface area contributed by atoms with Gasteiger partial charge in [-0.05, 0) is 57.9 Å². The maximum absolute atomic E-state index is 14.8. The fourth-order valence-electron chi connectivity index (χ4n) is 4.33. The number of piperidine rings is 1. The number of likely N-dealkylation sites (tertiary alicyclic amines) is 1. The van der Waals surface area contributed by atoms with Gasteiger partial charge in [0.2, 0.25) is 0 Å². The van der Waals surface area contributed by atoms with Crippen molar-refractivity contribution >= 4 is 24.6 Å². The lowest BCUT2D eigenvalue weighted by atomic mass is 9.88. The summed E-state index contributed by atoms with van der Waals surface area (Å²) in [7, 11) is 0. The van der Waals surface area contributed by atoms with Crippen molar-refractivity contribution in [2.24, 2.45) is 26.6 Å². The van der Waals surface area contributed by atoms with Crippen molar-refractivity contribution in [2.45, 2.75) is 84.7 Å². The molecule has 0 aliphatic carbocycles. The molecule has 0 aromatic carbocycles. The van der Waals surface area contributed by atoms with Crippen LogP contribution in [0.4, 0.5) is 22.0 Å². The first-order valence-corrected chi connectivity index (χ1v) is 13.5. The summed E-state index contributed by atoms with van der Waals surface area (Å²) >= 11 is 0. The third kappa shape index (κ3) is 9.53. The topological polar surface area (TPSA) is 107 Å². The summed E-state index contributed by atoms with van der Waals surface area (Å²) in [5.74, 6) is -4.47. The lowest BCUT2D eigenvalue weighted by molar-refractivity contribution is -0.148. The second-order valence-corrected chi connectivity index (χ2v) is 10.4. The van der Waals surface area contributed by atoms with Crippen LogP contribution in [0.1, 0.15) is 54.4 Å². The van der Waals surface area contributed by atoms with Crippen LogP contribution in [0.15, 0.2) is 61.6 Å². The van der Waals surface area contributed by atoms with Gasteiger partial charge in [-0.3, -0.25) is 14.8 Å². The predicted octanol–water partition coefficient (Wildman–Crippen LogP) is 4.88. The zero-order chi connectivity index (χ0) is 31.0. The van der Waals surface area contributed by atoms with Gasteiger partial charge in [-0.1, -0.05) is 19.9 Å². The van der Waals surface area contributed by atoms with Gasteiger partial charge in [0.1, 0.15) is 17.7 Å². The van der Waals surface area contributed by atoms with E-state index in [4.69, 9.17) is 5.73 Å². The molecule has 1 amide bonds. The Morgan fingerprint density at radius 2 is 2.00 bits per heavy atom. The van der Waals surface area contributed by atoms with Crippen LogP contribution >= 0.6 is 0 Å². The van der Waals surface area contributed by atoms with Gasteiger partial charge in [-0.15, -0.1) is 0 Å². The second-order valence-electron chi connectivity index (χ2n) is 10.4. The molecule has 228 valence electrons. The average Bonchev–Trinajstić information content (AvgIpc) is 2.89. The summed E-state index contributed by atoms with van der Waals surface area (Å²) in [5.41, 5.74) is 6.00. The summed E-state index contributed by atoms with van der Waals surface area (Å²) in [4.78, 5) is 27.4. The highest BCUT2D eigenvalue weighted by Gasteiger charge is 2.46. The summed E-state index contributed by atoms with van der Waals surface area (Å²) in [6, 6.07) is -0.884.